The second-order valence-corrected chi connectivity index (χ2v) is 3.17. The lowest BCUT2D eigenvalue weighted by atomic mass is 10.1. The predicted octanol–water partition coefficient (Wildman–Crippen LogP) is 2.39. The van der Waals surface area contributed by atoms with Crippen LogP contribution in [-0.2, 0) is 4.79 Å². The summed E-state index contributed by atoms with van der Waals surface area (Å²) in [6.45, 7) is 3.93. The van der Waals surface area contributed by atoms with E-state index in [2.05, 4.69) is 11.9 Å². The van der Waals surface area contributed by atoms with E-state index in [1.807, 2.05) is 42.5 Å². The van der Waals surface area contributed by atoms with Crippen molar-refractivity contribution in [1.29, 1.82) is 0 Å². The Morgan fingerprint density at radius 2 is 2.07 bits per heavy atom. The number of nitrogens with one attached hydrogen (secondary N) is 1. The SMILES string of the molecule is C=C(/C=C\CC(=O)NC)c1ccccc1. The molecule has 0 saturated carbocycles. The molecule has 0 spiro atoms. The summed E-state index contributed by atoms with van der Waals surface area (Å²) < 4.78 is 0. The molecule has 0 unspecified atom stereocenters. The van der Waals surface area contributed by atoms with E-state index in [1.54, 1.807) is 7.05 Å². The normalized spacial score (nSPS) is 10.2. The fourth-order valence-electron chi connectivity index (χ4n) is 1.16. The first kappa shape index (κ1) is 11.2. The molecule has 0 bridgehead atoms. The Hall–Kier alpha value is -1.83. The molecular formula is C13H15NO. The molecule has 1 N–H and O–H groups in total. The predicted molar refractivity (Wildman–Crippen MR) is 63.3 cm³/mol. The second-order valence-electron chi connectivity index (χ2n) is 3.17. The molecule has 0 saturated heterocycles. The zero-order valence-electron chi connectivity index (χ0n) is 8.86. The summed E-state index contributed by atoms with van der Waals surface area (Å²) in [6, 6.07) is 9.88. The molecular weight excluding hydrogens is 186 g/mol. The highest BCUT2D eigenvalue weighted by Gasteiger charge is 1.94. The minimum Gasteiger partial charge on any atom is -0.359 e. The number of carbonyl (C=O) groups is 1. The van der Waals surface area contributed by atoms with Crippen LogP contribution in [0.4, 0.5) is 0 Å². The summed E-state index contributed by atoms with van der Waals surface area (Å²) in [5.74, 6) is 0.00658. The van der Waals surface area contributed by atoms with Gasteiger partial charge in [-0.1, -0.05) is 49.1 Å². The lowest BCUT2D eigenvalue weighted by Gasteiger charge is -1.99. The van der Waals surface area contributed by atoms with Crippen LogP contribution in [-0.4, -0.2) is 13.0 Å². The van der Waals surface area contributed by atoms with E-state index in [-0.39, 0.29) is 5.91 Å². The minimum absolute atomic E-state index is 0.00658. The van der Waals surface area contributed by atoms with Crippen LogP contribution in [0.5, 0.6) is 0 Å². The lowest BCUT2D eigenvalue weighted by molar-refractivity contribution is -0.119. The van der Waals surface area contributed by atoms with Crippen LogP contribution < -0.4 is 5.32 Å². The van der Waals surface area contributed by atoms with Gasteiger partial charge < -0.3 is 5.32 Å². The number of hydrogen-bond acceptors (Lipinski definition) is 1. The fourth-order valence-corrected chi connectivity index (χ4v) is 1.16. The number of hydrogen-bond donors (Lipinski definition) is 1. The molecule has 0 heterocycles. The number of rotatable bonds is 4. The average molecular weight is 201 g/mol. The van der Waals surface area contributed by atoms with Crippen LogP contribution in [0.3, 0.4) is 0 Å². The van der Waals surface area contributed by atoms with Crippen molar-refractivity contribution in [3.05, 3.63) is 54.6 Å². The topological polar surface area (TPSA) is 29.1 Å². The van der Waals surface area contributed by atoms with E-state index in [9.17, 15) is 4.79 Å². The van der Waals surface area contributed by atoms with Crippen molar-refractivity contribution < 1.29 is 4.79 Å². The van der Waals surface area contributed by atoms with Crippen LogP contribution in [0.1, 0.15) is 12.0 Å². The van der Waals surface area contributed by atoms with E-state index in [0.717, 1.165) is 11.1 Å². The minimum atomic E-state index is 0.00658. The summed E-state index contributed by atoms with van der Waals surface area (Å²) in [5.41, 5.74) is 1.99. The highest BCUT2D eigenvalue weighted by molar-refractivity contribution is 5.78. The smallest absolute Gasteiger partial charge is 0.223 e. The number of carbonyl (C=O) groups excluding carboxylic acids is 1. The Morgan fingerprint density at radius 3 is 2.67 bits per heavy atom. The average Bonchev–Trinajstić information content (AvgIpc) is 2.29. The molecule has 15 heavy (non-hydrogen) atoms. The van der Waals surface area contributed by atoms with Crippen molar-refractivity contribution in [2.24, 2.45) is 0 Å². The van der Waals surface area contributed by atoms with E-state index in [4.69, 9.17) is 0 Å². The third-order valence-electron chi connectivity index (χ3n) is 2.05. The van der Waals surface area contributed by atoms with Crippen LogP contribution in [0.15, 0.2) is 49.1 Å². The summed E-state index contributed by atoms with van der Waals surface area (Å²) in [4.78, 5) is 10.9. The monoisotopic (exact) mass is 201 g/mol. The fraction of sp³-hybridized carbons (Fsp3) is 0.154. The molecule has 0 atom stereocenters. The zero-order valence-corrected chi connectivity index (χ0v) is 8.86. The molecule has 2 heteroatoms. The molecule has 0 fully saturated rings. The molecule has 78 valence electrons. The number of amides is 1. The van der Waals surface area contributed by atoms with Crippen LogP contribution in [0.2, 0.25) is 0 Å². The van der Waals surface area contributed by atoms with Crippen molar-refractivity contribution in [1.82, 2.24) is 5.32 Å². The lowest BCUT2D eigenvalue weighted by Crippen LogP contribution is -2.15. The molecule has 1 aromatic rings. The molecule has 0 radical (unpaired) electrons. The molecule has 1 rings (SSSR count). The Bertz CT molecular complexity index is 365. The van der Waals surface area contributed by atoms with Gasteiger partial charge in [0, 0.05) is 13.5 Å². The van der Waals surface area contributed by atoms with Gasteiger partial charge in [0.25, 0.3) is 0 Å². The summed E-state index contributed by atoms with van der Waals surface area (Å²) in [5, 5.41) is 2.56. The van der Waals surface area contributed by atoms with Gasteiger partial charge >= 0.3 is 0 Å². The zero-order chi connectivity index (χ0) is 11.1. The van der Waals surface area contributed by atoms with Crippen molar-refractivity contribution >= 4 is 11.5 Å². The van der Waals surface area contributed by atoms with Crippen LogP contribution in [0.25, 0.3) is 5.57 Å². The molecule has 0 aliphatic heterocycles. The standard InChI is InChI=1S/C13H15NO/c1-11(7-6-10-13(15)14-2)12-8-4-3-5-9-12/h3-9H,1,10H2,2H3,(H,14,15)/b7-6-. The van der Waals surface area contributed by atoms with Gasteiger partial charge in [0.15, 0.2) is 0 Å². The van der Waals surface area contributed by atoms with Gasteiger partial charge in [0.05, 0.1) is 0 Å². The summed E-state index contributed by atoms with van der Waals surface area (Å²) >= 11 is 0. The third kappa shape index (κ3) is 3.81. The Balaban J connectivity index is 2.53. The largest absolute Gasteiger partial charge is 0.359 e. The van der Waals surface area contributed by atoms with E-state index < -0.39 is 0 Å². The maximum atomic E-state index is 10.9. The van der Waals surface area contributed by atoms with Gasteiger partial charge in [0.1, 0.15) is 0 Å². The first-order chi connectivity index (χ1) is 7.24. The van der Waals surface area contributed by atoms with Gasteiger partial charge in [-0.15, -0.1) is 0 Å². The molecule has 0 aliphatic carbocycles. The van der Waals surface area contributed by atoms with Gasteiger partial charge in [-0.2, -0.15) is 0 Å². The van der Waals surface area contributed by atoms with Crippen LogP contribution in [0, 0.1) is 0 Å². The Labute approximate surface area is 90.3 Å². The Morgan fingerprint density at radius 1 is 1.40 bits per heavy atom. The van der Waals surface area contributed by atoms with E-state index in [0.29, 0.717) is 6.42 Å². The molecule has 1 aromatic carbocycles. The van der Waals surface area contributed by atoms with Gasteiger partial charge in [-0.05, 0) is 11.1 Å². The molecule has 1 amide bonds. The van der Waals surface area contributed by atoms with Crippen molar-refractivity contribution in [2.45, 2.75) is 6.42 Å². The first-order valence-electron chi connectivity index (χ1n) is 4.85. The van der Waals surface area contributed by atoms with E-state index >= 15 is 0 Å². The summed E-state index contributed by atoms with van der Waals surface area (Å²) in [7, 11) is 1.63. The maximum absolute atomic E-state index is 10.9. The molecule has 0 aromatic heterocycles. The Kier molecular flexibility index (Phi) is 4.35. The second kappa shape index (κ2) is 5.81. The highest BCUT2D eigenvalue weighted by atomic mass is 16.1. The van der Waals surface area contributed by atoms with Gasteiger partial charge in [-0.3, -0.25) is 4.79 Å². The highest BCUT2D eigenvalue weighted by Crippen LogP contribution is 2.12. The first-order valence-corrected chi connectivity index (χ1v) is 4.85. The van der Waals surface area contributed by atoms with Gasteiger partial charge in [0.2, 0.25) is 5.91 Å². The number of allylic oxidation sites excluding steroid dienone is 2. The van der Waals surface area contributed by atoms with E-state index in [1.165, 1.54) is 0 Å². The van der Waals surface area contributed by atoms with Crippen molar-refractivity contribution in [2.75, 3.05) is 7.05 Å². The number of benzene rings is 1. The van der Waals surface area contributed by atoms with Crippen LogP contribution >= 0.6 is 0 Å². The quantitative estimate of drug-likeness (QED) is 0.744. The molecule has 2 nitrogen and oxygen atoms in total. The molecule has 0 aliphatic rings. The summed E-state index contributed by atoms with van der Waals surface area (Å²) in [6.07, 6.45) is 4.07. The van der Waals surface area contributed by atoms with Crippen molar-refractivity contribution in [3.63, 3.8) is 0 Å². The van der Waals surface area contributed by atoms with Gasteiger partial charge in [-0.25, -0.2) is 0 Å². The van der Waals surface area contributed by atoms with Crippen molar-refractivity contribution in [3.8, 4) is 0 Å². The third-order valence-corrected chi connectivity index (χ3v) is 2.05. The maximum Gasteiger partial charge on any atom is 0.223 e.